The van der Waals surface area contributed by atoms with Gasteiger partial charge in [-0.3, -0.25) is 4.79 Å². The van der Waals surface area contributed by atoms with Crippen LogP contribution in [0.4, 0.5) is 0 Å². The first kappa shape index (κ1) is 12.6. The Morgan fingerprint density at radius 3 is 2.67 bits per heavy atom. The summed E-state index contributed by atoms with van der Waals surface area (Å²) in [4.78, 5) is 15.2. The molecule has 0 aliphatic carbocycles. The van der Waals surface area contributed by atoms with Gasteiger partial charge in [-0.1, -0.05) is 26.0 Å². The summed E-state index contributed by atoms with van der Waals surface area (Å²) < 4.78 is 1.90. The van der Waals surface area contributed by atoms with Crippen molar-refractivity contribution in [2.45, 2.75) is 26.7 Å². The van der Waals surface area contributed by atoms with Crippen LogP contribution in [-0.2, 0) is 7.05 Å². The minimum absolute atomic E-state index is 0.470. The van der Waals surface area contributed by atoms with Gasteiger partial charge in [-0.2, -0.15) is 0 Å². The van der Waals surface area contributed by atoms with E-state index in [1.165, 1.54) is 5.56 Å². The van der Waals surface area contributed by atoms with Crippen molar-refractivity contribution < 1.29 is 4.79 Å². The molecular formula is C15H18N2O. The summed E-state index contributed by atoms with van der Waals surface area (Å²) in [6.45, 7) is 6.39. The minimum atomic E-state index is 0.470. The number of nitrogens with zero attached hydrogens (tertiary/aromatic N) is 2. The van der Waals surface area contributed by atoms with E-state index >= 15 is 0 Å². The van der Waals surface area contributed by atoms with Crippen LogP contribution in [-0.4, -0.2) is 15.8 Å². The Morgan fingerprint density at radius 2 is 2.06 bits per heavy atom. The van der Waals surface area contributed by atoms with Crippen molar-refractivity contribution in [3.63, 3.8) is 0 Å². The van der Waals surface area contributed by atoms with E-state index in [1.807, 2.05) is 11.6 Å². The molecule has 1 aromatic carbocycles. The lowest BCUT2D eigenvalue weighted by molar-refractivity contribution is 0.112. The Kier molecular flexibility index (Phi) is 3.32. The zero-order valence-corrected chi connectivity index (χ0v) is 11.3. The summed E-state index contributed by atoms with van der Waals surface area (Å²) in [5.41, 5.74) is 4.91. The van der Waals surface area contributed by atoms with Gasteiger partial charge in [-0.05, 0) is 30.0 Å². The van der Waals surface area contributed by atoms with Crippen LogP contribution >= 0.6 is 0 Å². The summed E-state index contributed by atoms with van der Waals surface area (Å²) in [6.07, 6.45) is 2.50. The third kappa shape index (κ3) is 2.08. The molecule has 0 bridgehead atoms. The van der Waals surface area contributed by atoms with Gasteiger partial charge in [0.15, 0.2) is 6.29 Å². The number of aldehydes is 1. The topological polar surface area (TPSA) is 34.9 Å². The fraction of sp³-hybridized carbons (Fsp3) is 0.333. The smallest absolute Gasteiger partial charge is 0.170 e. The number of benzene rings is 1. The van der Waals surface area contributed by atoms with Crippen molar-refractivity contribution in [1.82, 2.24) is 9.55 Å². The lowest BCUT2D eigenvalue weighted by atomic mass is 9.95. The first-order valence-corrected chi connectivity index (χ1v) is 6.12. The first-order chi connectivity index (χ1) is 8.54. The van der Waals surface area contributed by atoms with E-state index < -0.39 is 0 Å². The van der Waals surface area contributed by atoms with Crippen LogP contribution in [0.2, 0.25) is 0 Å². The van der Waals surface area contributed by atoms with Gasteiger partial charge in [0.05, 0.1) is 12.0 Å². The molecule has 0 spiro atoms. The summed E-state index contributed by atoms with van der Waals surface area (Å²) in [5, 5.41) is 0. The van der Waals surface area contributed by atoms with Gasteiger partial charge >= 0.3 is 0 Å². The van der Waals surface area contributed by atoms with E-state index in [1.54, 1.807) is 6.33 Å². The normalized spacial score (nSPS) is 10.9. The van der Waals surface area contributed by atoms with Gasteiger partial charge in [-0.25, -0.2) is 4.98 Å². The molecule has 1 heterocycles. The van der Waals surface area contributed by atoms with Gasteiger partial charge in [0, 0.05) is 12.6 Å². The SMILES string of the molecule is Cc1ccc(C(C)C)cc1-c1c(C=O)ncn1C. The second-order valence-corrected chi connectivity index (χ2v) is 4.94. The van der Waals surface area contributed by atoms with Crippen LogP contribution in [0.1, 0.15) is 41.4 Å². The zero-order chi connectivity index (χ0) is 13.3. The summed E-state index contributed by atoms with van der Waals surface area (Å²) in [6, 6.07) is 6.40. The van der Waals surface area contributed by atoms with E-state index in [4.69, 9.17) is 0 Å². The summed E-state index contributed by atoms with van der Waals surface area (Å²) in [5.74, 6) is 0.470. The molecule has 0 amide bonds. The van der Waals surface area contributed by atoms with Crippen molar-refractivity contribution in [2.75, 3.05) is 0 Å². The van der Waals surface area contributed by atoms with Crippen molar-refractivity contribution in [3.05, 3.63) is 41.3 Å². The predicted octanol–water partition coefficient (Wildman–Crippen LogP) is 3.33. The molecule has 94 valence electrons. The van der Waals surface area contributed by atoms with Crippen LogP contribution in [0, 0.1) is 6.92 Å². The molecule has 0 unspecified atom stereocenters. The molecule has 0 N–H and O–H groups in total. The average molecular weight is 242 g/mol. The molecule has 0 saturated carbocycles. The van der Waals surface area contributed by atoms with Crippen LogP contribution in [0.3, 0.4) is 0 Å². The molecule has 1 aromatic heterocycles. The van der Waals surface area contributed by atoms with Crippen LogP contribution in [0.15, 0.2) is 24.5 Å². The fourth-order valence-electron chi connectivity index (χ4n) is 2.12. The van der Waals surface area contributed by atoms with Gasteiger partial charge in [-0.15, -0.1) is 0 Å². The van der Waals surface area contributed by atoms with E-state index in [-0.39, 0.29) is 0 Å². The van der Waals surface area contributed by atoms with Crippen LogP contribution < -0.4 is 0 Å². The van der Waals surface area contributed by atoms with E-state index in [0.717, 1.165) is 23.1 Å². The zero-order valence-electron chi connectivity index (χ0n) is 11.3. The number of rotatable bonds is 3. The largest absolute Gasteiger partial charge is 0.333 e. The number of hydrogen-bond acceptors (Lipinski definition) is 2. The van der Waals surface area contributed by atoms with Crippen molar-refractivity contribution in [2.24, 2.45) is 7.05 Å². The molecule has 0 saturated heterocycles. The molecule has 3 nitrogen and oxygen atoms in total. The van der Waals surface area contributed by atoms with Crippen molar-refractivity contribution in [3.8, 4) is 11.3 Å². The maximum atomic E-state index is 11.1. The Labute approximate surface area is 107 Å². The quantitative estimate of drug-likeness (QED) is 0.774. The lowest BCUT2D eigenvalue weighted by Gasteiger charge is -2.12. The first-order valence-electron chi connectivity index (χ1n) is 6.12. The maximum Gasteiger partial charge on any atom is 0.170 e. The molecule has 0 aliphatic rings. The molecule has 2 rings (SSSR count). The second kappa shape index (κ2) is 4.77. The number of imidazole rings is 1. The van der Waals surface area contributed by atoms with Gasteiger partial charge in [0.2, 0.25) is 0 Å². The van der Waals surface area contributed by atoms with Crippen LogP contribution in [0.5, 0.6) is 0 Å². The number of aryl methyl sites for hydroxylation is 2. The lowest BCUT2D eigenvalue weighted by Crippen LogP contribution is -1.97. The Hall–Kier alpha value is -1.90. The Morgan fingerprint density at radius 1 is 1.33 bits per heavy atom. The van der Waals surface area contributed by atoms with E-state index in [0.29, 0.717) is 11.6 Å². The Balaban J connectivity index is 2.66. The van der Waals surface area contributed by atoms with Crippen molar-refractivity contribution in [1.29, 1.82) is 0 Å². The highest BCUT2D eigenvalue weighted by atomic mass is 16.1. The molecule has 3 heteroatoms. The van der Waals surface area contributed by atoms with Gasteiger partial charge < -0.3 is 4.57 Å². The number of aromatic nitrogens is 2. The van der Waals surface area contributed by atoms with Gasteiger partial charge in [0.25, 0.3) is 0 Å². The highest BCUT2D eigenvalue weighted by Crippen LogP contribution is 2.28. The fourth-order valence-corrected chi connectivity index (χ4v) is 2.12. The van der Waals surface area contributed by atoms with Crippen molar-refractivity contribution >= 4 is 6.29 Å². The minimum Gasteiger partial charge on any atom is -0.333 e. The third-order valence-electron chi connectivity index (χ3n) is 3.26. The molecule has 2 aromatic rings. The molecular weight excluding hydrogens is 224 g/mol. The molecule has 0 radical (unpaired) electrons. The monoisotopic (exact) mass is 242 g/mol. The Bertz CT molecular complexity index is 582. The highest BCUT2D eigenvalue weighted by molar-refractivity contribution is 5.84. The van der Waals surface area contributed by atoms with E-state index in [2.05, 4.69) is 44.0 Å². The highest BCUT2D eigenvalue weighted by Gasteiger charge is 2.14. The molecule has 18 heavy (non-hydrogen) atoms. The summed E-state index contributed by atoms with van der Waals surface area (Å²) in [7, 11) is 1.91. The summed E-state index contributed by atoms with van der Waals surface area (Å²) >= 11 is 0. The van der Waals surface area contributed by atoms with E-state index in [9.17, 15) is 4.79 Å². The van der Waals surface area contributed by atoms with Crippen LogP contribution in [0.25, 0.3) is 11.3 Å². The molecule has 0 aliphatic heterocycles. The number of carbonyl (C=O) groups excluding carboxylic acids is 1. The third-order valence-corrected chi connectivity index (χ3v) is 3.26. The average Bonchev–Trinajstić information content (AvgIpc) is 2.71. The predicted molar refractivity (Wildman–Crippen MR) is 72.9 cm³/mol. The van der Waals surface area contributed by atoms with Gasteiger partial charge in [0.1, 0.15) is 5.69 Å². The second-order valence-electron chi connectivity index (χ2n) is 4.94. The number of carbonyl (C=O) groups is 1. The molecule has 0 fully saturated rings. The maximum absolute atomic E-state index is 11.1. The number of hydrogen-bond donors (Lipinski definition) is 0. The molecule has 0 atom stereocenters. The standard InChI is InChI=1S/C15H18N2O/c1-10(2)12-6-5-11(3)13(7-12)15-14(8-18)16-9-17(15)4/h5-10H,1-4H3.